The zero-order valence-corrected chi connectivity index (χ0v) is 9.64. The highest BCUT2D eigenvalue weighted by Crippen LogP contribution is 2.28. The molecule has 2 unspecified atom stereocenters. The van der Waals surface area contributed by atoms with Crippen molar-refractivity contribution in [3.8, 4) is 0 Å². The van der Waals surface area contributed by atoms with Crippen LogP contribution in [0.1, 0.15) is 34.1 Å². The van der Waals surface area contributed by atoms with Gasteiger partial charge in [-0.15, -0.1) is 26.2 Å². The predicted molar refractivity (Wildman–Crippen MR) is 53.6 cm³/mol. The Morgan fingerprint density at radius 1 is 1.44 bits per heavy atom. The molecular formula is C7H18BrP. The Morgan fingerprint density at radius 3 is 1.78 bits per heavy atom. The summed E-state index contributed by atoms with van der Waals surface area (Å²) in [5, 5.41) is 0.425. The molecule has 0 fully saturated rings. The van der Waals surface area contributed by atoms with E-state index in [0.29, 0.717) is 5.16 Å². The third-order valence-corrected chi connectivity index (χ3v) is 2.45. The lowest BCUT2D eigenvalue weighted by molar-refractivity contribution is 0.447. The van der Waals surface area contributed by atoms with Gasteiger partial charge >= 0.3 is 0 Å². The van der Waals surface area contributed by atoms with E-state index in [9.17, 15) is 0 Å². The van der Waals surface area contributed by atoms with E-state index in [4.69, 9.17) is 0 Å². The average molecular weight is 213 g/mol. The molecule has 0 bridgehead atoms. The second-order valence-electron chi connectivity index (χ2n) is 3.13. The largest absolute Gasteiger partial charge is 0.131 e. The predicted octanol–water partition coefficient (Wildman–Crippen LogP) is 3.26. The van der Waals surface area contributed by atoms with Gasteiger partial charge in [-0.2, -0.15) is 0 Å². The van der Waals surface area contributed by atoms with Crippen molar-refractivity contribution in [2.45, 2.75) is 39.3 Å². The Morgan fingerprint density at radius 2 is 1.78 bits per heavy atom. The quantitative estimate of drug-likeness (QED) is 0.617. The fourth-order valence-corrected chi connectivity index (χ4v) is 0.762. The van der Waals surface area contributed by atoms with Crippen LogP contribution >= 0.6 is 26.2 Å². The Labute approximate surface area is 71.8 Å². The van der Waals surface area contributed by atoms with Crippen LogP contribution < -0.4 is 0 Å². The van der Waals surface area contributed by atoms with E-state index in [0.717, 1.165) is 5.92 Å². The third-order valence-electron chi connectivity index (χ3n) is 1.88. The first-order chi connectivity index (χ1) is 3.48. The molecule has 2 heteroatoms. The minimum Gasteiger partial charge on any atom is -0.131 e. The molecule has 0 amide bonds. The van der Waals surface area contributed by atoms with Crippen molar-refractivity contribution in [3.63, 3.8) is 0 Å². The van der Waals surface area contributed by atoms with Gasteiger partial charge < -0.3 is 0 Å². The molecule has 0 spiro atoms. The first-order valence-electron chi connectivity index (χ1n) is 3.27. The molecule has 0 aliphatic rings. The maximum absolute atomic E-state index is 2.88. The van der Waals surface area contributed by atoms with Crippen molar-refractivity contribution in [2.75, 3.05) is 0 Å². The Kier molecular flexibility index (Phi) is 6.54. The van der Waals surface area contributed by atoms with Crippen molar-refractivity contribution in [3.05, 3.63) is 0 Å². The molecule has 0 aliphatic carbocycles. The first-order valence-corrected chi connectivity index (χ1v) is 3.85. The van der Waals surface area contributed by atoms with Gasteiger partial charge in [0, 0.05) is 0 Å². The normalized spacial score (nSPS) is 14.3. The van der Waals surface area contributed by atoms with Gasteiger partial charge in [-0.25, -0.2) is 0 Å². The molecule has 0 heterocycles. The van der Waals surface area contributed by atoms with Gasteiger partial charge in [-0.3, -0.25) is 0 Å². The van der Waals surface area contributed by atoms with Gasteiger partial charge in [0.25, 0.3) is 0 Å². The van der Waals surface area contributed by atoms with Crippen LogP contribution in [0.25, 0.3) is 0 Å². The monoisotopic (exact) mass is 212 g/mol. The standard InChI is InChI=1S/C7H17P.BrH/c1-5-6(2)7(3,4)8;/h6H,5,8H2,1-4H3;1H. The molecule has 0 N–H and O–H groups in total. The zero-order chi connectivity index (χ0) is 6.78. The van der Waals surface area contributed by atoms with Gasteiger partial charge in [-0.05, 0) is 11.1 Å². The van der Waals surface area contributed by atoms with Crippen molar-refractivity contribution in [1.82, 2.24) is 0 Å². The zero-order valence-electron chi connectivity index (χ0n) is 6.77. The molecule has 0 nitrogen and oxygen atoms in total. The van der Waals surface area contributed by atoms with Crippen molar-refractivity contribution in [2.24, 2.45) is 5.92 Å². The molecule has 0 aliphatic heterocycles. The van der Waals surface area contributed by atoms with Gasteiger partial charge in [-0.1, -0.05) is 34.1 Å². The summed E-state index contributed by atoms with van der Waals surface area (Å²) >= 11 is 0. The SMILES string of the molecule is Br.CCC(C)C(C)(C)P. The molecule has 0 aromatic rings. The second-order valence-corrected chi connectivity index (χ2v) is 4.62. The van der Waals surface area contributed by atoms with Crippen molar-refractivity contribution in [1.29, 1.82) is 0 Å². The summed E-state index contributed by atoms with van der Waals surface area (Å²) in [5.74, 6) is 0.812. The summed E-state index contributed by atoms with van der Waals surface area (Å²) in [6.07, 6.45) is 1.27. The van der Waals surface area contributed by atoms with E-state index in [1.165, 1.54) is 6.42 Å². The summed E-state index contributed by atoms with van der Waals surface area (Å²) in [6.45, 7) is 9.03. The highest BCUT2D eigenvalue weighted by molar-refractivity contribution is 8.93. The molecule has 0 saturated heterocycles. The van der Waals surface area contributed by atoms with Crippen LogP contribution in [-0.2, 0) is 0 Å². The highest BCUT2D eigenvalue weighted by atomic mass is 79.9. The number of hydrogen-bond donors (Lipinski definition) is 0. The van der Waals surface area contributed by atoms with Crippen LogP contribution in [0.5, 0.6) is 0 Å². The van der Waals surface area contributed by atoms with Gasteiger partial charge in [0.05, 0.1) is 0 Å². The van der Waals surface area contributed by atoms with Crippen LogP contribution in [0.4, 0.5) is 0 Å². The minimum absolute atomic E-state index is 0. The maximum atomic E-state index is 2.88. The molecule has 0 aromatic carbocycles. The van der Waals surface area contributed by atoms with Gasteiger partial charge in [0.15, 0.2) is 0 Å². The fourth-order valence-electron chi connectivity index (χ4n) is 0.526. The molecule has 0 rings (SSSR count). The first kappa shape index (κ1) is 12.6. The fraction of sp³-hybridized carbons (Fsp3) is 1.00. The highest BCUT2D eigenvalue weighted by Gasteiger charge is 2.17. The molecule has 2 atom stereocenters. The van der Waals surface area contributed by atoms with E-state index in [1.54, 1.807) is 0 Å². The van der Waals surface area contributed by atoms with E-state index >= 15 is 0 Å². The summed E-state index contributed by atoms with van der Waals surface area (Å²) in [6, 6.07) is 0. The smallest absolute Gasteiger partial charge is 0.0181 e. The van der Waals surface area contributed by atoms with Crippen LogP contribution in [0.2, 0.25) is 0 Å². The molecule has 58 valence electrons. The van der Waals surface area contributed by atoms with Crippen LogP contribution in [-0.4, -0.2) is 5.16 Å². The molecule has 0 saturated carbocycles. The molecule has 0 aromatic heterocycles. The van der Waals surface area contributed by atoms with Crippen molar-refractivity contribution < 1.29 is 0 Å². The van der Waals surface area contributed by atoms with E-state index in [-0.39, 0.29) is 17.0 Å². The number of halogens is 1. The Bertz CT molecular complexity index is 65.8. The van der Waals surface area contributed by atoms with E-state index in [1.807, 2.05) is 0 Å². The Balaban J connectivity index is 0. The lowest BCUT2D eigenvalue weighted by Crippen LogP contribution is -2.19. The summed E-state index contributed by atoms with van der Waals surface area (Å²) in [5.41, 5.74) is 0. The summed E-state index contributed by atoms with van der Waals surface area (Å²) < 4.78 is 0. The second kappa shape index (κ2) is 4.68. The Hall–Kier alpha value is 0.910. The minimum atomic E-state index is 0. The van der Waals surface area contributed by atoms with Crippen LogP contribution in [0.15, 0.2) is 0 Å². The lowest BCUT2D eigenvalue weighted by atomic mass is 9.95. The topological polar surface area (TPSA) is 0 Å². The number of hydrogen-bond acceptors (Lipinski definition) is 0. The van der Waals surface area contributed by atoms with E-state index < -0.39 is 0 Å². The lowest BCUT2D eigenvalue weighted by Gasteiger charge is -2.25. The van der Waals surface area contributed by atoms with Crippen LogP contribution in [0, 0.1) is 5.92 Å². The van der Waals surface area contributed by atoms with E-state index in [2.05, 4.69) is 36.9 Å². The molecule has 0 radical (unpaired) electrons. The third kappa shape index (κ3) is 5.36. The maximum Gasteiger partial charge on any atom is -0.0181 e. The van der Waals surface area contributed by atoms with Gasteiger partial charge in [0.1, 0.15) is 0 Å². The average Bonchev–Trinajstić information content (AvgIpc) is 1.62. The summed E-state index contributed by atoms with van der Waals surface area (Å²) in [4.78, 5) is 0. The number of rotatable bonds is 2. The molecular weight excluding hydrogens is 195 g/mol. The van der Waals surface area contributed by atoms with Gasteiger partial charge in [0.2, 0.25) is 0 Å². The van der Waals surface area contributed by atoms with Crippen LogP contribution in [0.3, 0.4) is 0 Å². The van der Waals surface area contributed by atoms with Crippen molar-refractivity contribution >= 4 is 26.2 Å². The summed E-state index contributed by atoms with van der Waals surface area (Å²) in [7, 11) is 2.88. The molecule has 9 heavy (non-hydrogen) atoms.